The van der Waals surface area contributed by atoms with E-state index in [-0.39, 0.29) is 6.42 Å². The summed E-state index contributed by atoms with van der Waals surface area (Å²) in [6, 6.07) is -1.59. The standard InChI is InChI=1S/C11H18N4O3/c1-3-4-9(10(16)17)12-11(18)13-15-7-5-14(2)6-8-15/h1,9H,4-8H2,2H3,(H,16,17)(H2,12,13,18). The molecule has 100 valence electrons. The molecule has 7 nitrogen and oxygen atoms in total. The Morgan fingerprint density at radius 3 is 2.50 bits per heavy atom. The zero-order chi connectivity index (χ0) is 13.5. The highest BCUT2D eigenvalue weighted by Gasteiger charge is 2.21. The van der Waals surface area contributed by atoms with Gasteiger partial charge in [-0.2, -0.15) is 0 Å². The zero-order valence-corrected chi connectivity index (χ0v) is 10.3. The third-order valence-corrected chi connectivity index (χ3v) is 2.69. The summed E-state index contributed by atoms with van der Waals surface area (Å²) in [5, 5.41) is 12.9. The fraction of sp³-hybridized carbons (Fsp3) is 0.636. The fourth-order valence-electron chi connectivity index (χ4n) is 1.57. The van der Waals surface area contributed by atoms with Gasteiger partial charge in [-0.25, -0.2) is 14.6 Å². The lowest BCUT2D eigenvalue weighted by Gasteiger charge is -2.32. The second-order valence-corrected chi connectivity index (χ2v) is 4.17. The molecule has 2 amide bonds. The molecule has 18 heavy (non-hydrogen) atoms. The normalized spacial score (nSPS) is 18.7. The number of terminal acetylenes is 1. The van der Waals surface area contributed by atoms with Crippen molar-refractivity contribution >= 4 is 12.0 Å². The molecule has 1 fully saturated rings. The molecule has 1 heterocycles. The number of hydrogen-bond acceptors (Lipinski definition) is 4. The summed E-state index contributed by atoms with van der Waals surface area (Å²) in [7, 11) is 2.00. The van der Waals surface area contributed by atoms with Gasteiger partial charge in [-0.15, -0.1) is 12.3 Å². The predicted octanol–water partition coefficient (Wildman–Crippen LogP) is -1.08. The average molecular weight is 254 g/mol. The summed E-state index contributed by atoms with van der Waals surface area (Å²) in [6.45, 7) is 3.12. The smallest absolute Gasteiger partial charge is 0.330 e. The van der Waals surface area contributed by atoms with Gasteiger partial charge in [-0.1, -0.05) is 0 Å². The minimum atomic E-state index is -1.14. The Morgan fingerprint density at radius 1 is 1.39 bits per heavy atom. The van der Waals surface area contributed by atoms with Gasteiger partial charge in [-0.05, 0) is 7.05 Å². The molecular weight excluding hydrogens is 236 g/mol. The molecule has 0 bridgehead atoms. The number of urea groups is 1. The highest BCUT2D eigenvalue weighted by Crippen LogP contribution is 1.96. The highest BCUT2D eigenvalue weighted by molar-refractivity contribution is 5.82. The maximum atomic E-state index is 11.6. The van der Waals surface area contributed by atoms with Crippen LogP contribution in [0.25, 0.3) is 0 Å². The predicted molar refractivity (Wildman–Crippen MR) is 65.6 cm³/mol. The number of carboxylic acid groups (broad SMARTS) is 1. The maximum absolute atomic E-state index is 11.6. The second kappa shape index (κ2) is 6.83. The van der Waals surface area contributed by atoms with Gasteiger partial charge in [0, 0.05) is 32.6 Å². The summed E-state index contributed by atoms with van der Waals surface area (Å²) in [4.78, 5) is 24.5. The summed E-state index contributed by atoms with van der Waals surface area (Å²) in [5.74, 6) is 1.08. The summed E-state index contributed by atoms with van der Waals surface area (Å²) >= 11 is 0. The first-order valence-electron chi connectivity index (χ1n) is 5.70. The molecule has 0 aliphatic carbocycles. The largest absolute Gasteiger partial charge is 0.480 e. The fourth-order valence-corrected chi connectivity index (χ4v) is 1.57. The van der Waals surface area contributed by atoms with Gasteiger partial charge in [-0.3, -0.25) is 5.43 Å². The van der Waals surface area contributed by atoms with Crippen molar-refractivity contribution in [3.63, 3.8) is 0 Å². The number of carbonyl (C=O) groups is 2. The van der Waals surface area contributed by atoms with Crippen LogP contribution in [0, 0.1) is 12.3 Å². The minimum absolute atomic E-state index is 0.0362. The lowest BCUT2D eigenvalue weighted by Crippen LogP contribution is -2.56. The van der Waals surface area contributed by atoms with Crippen LogP contribution in [-0.2, 0) is 4.79 Å². The zero-order valence-electron chi connectivity index (χ0n) is 10.3. The van der Waals surface area contributed by atoms with Crippen LogP contribution in [0.1, 0.15) is 6.42 Å². The van der Waals surface area contributed by atoms with E-state index in [0.29, 0.717) is 13.1 Å². The van der Waals surface area contributed by atoms with Crippen molar-refractivity contribution in [1.82, 2.24) is 20.7 Å². The van der Waals surface area contributed by atoms with Crippen molar-refractivity contribution in [3.05, 3.63) is 0 Å². The number of nitrogens with one attached hydrogen (secondary N) is 2. The molecule has 0 aromatic heterocycles. The second-order valence-electron chi connectivity index (χ2n) is 4.17. The number of hydrogen-bond donors (Lipinski definition) is 3. The van der Waals surface area contributed by atoms with E-state index in [4.69, 9.17) is 11.5 Å². The van der Waals surface area contributed by atoms with Crippen LogP contribution in [0.5, 0.6) is 0 Å². The van der Waals surface area contributed by atoms with Crippen molar-refractivity contribution in [2.75, 3.05) is 33.2 Å². The number of piperazine rings is 1. The lowest BCUT2D eigenvalue weighted by atomic mass is 10.2. The molecule has 1 rings (SSSR count). The number of aliphatic carboxylic acids is 1. The molecule has 7 heteroatoms. The maximum Gasteiger partial charge on any atom is 0.330 e. The van der Waals surface area contributed by atoms with Crippen LogP contribution in [0.2, 0.25) is 0 Å². The Morgan fingerprint density at radius 2 is 2.00 bits per heavy atom. The van der Waals surface area contributed by atoms with Gasteiger partial charge in [0.2, 0.25) is 0 Å². The van der Waals surface area contributed by atoms with E-state index >= 15 is 0 Å². The number of amides is 2. The van der Waals surface area contributed by atoms with Gasteiger partial charge in [0.15, 0.2) is 0 Å². The van der Waals surface area contributed by atoms with E-state index in [0.717, 1.165) is 13.1 Å². The monoisotopic (exact) mass is 254 g/mol. The van der Waals surface area contributed by atoms with E-state index in [9.17, 15) is 9.59 Å². The third-order valence-electron chi connectivity index (χ3n) is 2.69. The molecule has 0 spiro atoms. The summed E-state index contributed by atoms with van der Waals surface area (Å²) in [6.07, 6.45) is 5.01. The van der Waals surface area contributed by atoms with Crippen LogP contribution in [0.15, 0.2) is 0 Å². The Bertz CT molecular complexity index is 345. The van der Waals surface area contributed by atoms with Crippen LogP contribution in [0.4, 0.5) is 4.79 Å². The van der Waals surface area contributed by atoms with Crippen LogP contribution in [-0.4, -0.2) is 66.3 Å². The van der Waals surface area contributed by atoms with Crippen molar-refractivity contribution in [1.29, 1.82) is 0 Å². The van der Waals surface area contributed by atoms with Crippen molar-refractivity contribution in [2.24, 2.45) is 0 Å². The van der Waals surface area contributed by atoms with Crippen molar-refractivity contribution in [3.8, 4) is 12.3 Å². The highest BCUT2D eigenvalue weighted by atomic mass is 16.4. The Hall–Kier alpha value is -1.78. The van der Waals surface area contributed by atoms with E-state index in [1.165, 1.54) is 0 Å². The first kappa shape index (κ1) is 14.3. The molecule has 1 aliphatic heterocycles. The Kier molecular flexibility index (Phi) is 5.42. The summed E-state index contributed by atoms with van der Waals surface area (Å²) in [5.41, 5.74) is 2.61. The van der Waals surface area contributed by atoms with Gasteiger partial charge < -0.3 is 15.3 Å². The number of carbonyl (C=O) groups excluding carboxylic acids is 1. The van der Waals surface area contributed by atoms with E-state index in [1.54, 1.807) is 5.01 Å². The molecule has 3 N–H and O–H groups in total. The molecule has 0 aromatic rings. The number of rotatable bonds is 4. The Balaban J connectivity index is 2.36. The van der Waals surface area contributed by atoms with Crippen LogP contribution >= 0.6 is 0 Å². The first-order valence-corrected chi connectivity index (χ1v) is 5.70. The Labute approximate surface area is 106 Å². The number of hydrazine groups is 1. The molecule has 1 saturated heterocycles. The SMILES string of the molecule is C#CCC(NC(=O)NN1CCN(C)CC1)C(=O)O. The van der Waals surface area contributed by atoms with E-state index < -0.39 is 18.0 Å². The van der Waals surface area contributed by atoms with Crippen molar-refractivity contribution in [2.45, 2.75) is 12.5 Å². The first-order chi connectivity index (χ1) is 8.52. The number of nitrogens with zero attached hydrogens (tertiary/aromatic N) is 2. The van der Waals surface area contributed by atoms with E-state index in [2.05, 4.69) is 21.6 Å². The van der Waals surface area contributed by atoms with Gasteiger partial charge in [0.1, 0.15) is 6.04 Å². The number of carboxylic acids is 1. The molecule has 1 atom stereocenters. The van der Waals surface area contributed by atoms with Crippen molar-refractivity contribution < 1.29 is 14.7 Å². The van der Waals surface area contributed by atoms with E-state index in [1.807, 2.05) is 7.05 Å². The molecule has 1 unspecified atom stereocenters. The van der Waals surface area contributed by atoms with Crippen LogP contribution in [0.3, 0.4) is 0 Å². The topological polar surface area (TPSA) is 84.9 Å². The van der Waals surface area contributed by atoms with Gasteiger partial charge in [0.05, 0.1) is 0 Å². The number of likely N-dealkylation sites (N-methyl/N-ethyl adjacent to an activating group) is 1. The minimum Gasteiger partial charge on any atom is -0.480 e. The van der Waals surface area contributed by atoms with Gasteiger partial charge >= 0.3 is 12.0 Å². The average Bonchev–Trinajstić information content (AvgIpc) is 2.31. The van der Waals surface area contributed by atoms with Crippen LogP contribution < -0.4 is 10.7 Å². The quantitative estimate of drug-likeness (QED) is 0.556. The third kappa shape index (κ3) is 4.61. The molecule has 0 radical (unpaired) electrons. The lowest BCUT2D eigenvalue weighted by molar-refractivity contribution is -0.139. The van der Waals surface area contributed by atoms with Gasteiger partial charge in [0.25, 0.3) is 0 Å². The molecular formula is C11H18N4O3. The molecule has 0 saturated carbocycles. The molecule has 1 aliphatic rings. The summed E-state index contributed by atoms with van der Waals surface area (Å²) < 4.78 is 0. The molecule has 0 aromatic carbocycles.